The second-order valence-corrected chi connectivity index (χ2v) is 3.90. The van der Waals surface area contributed by atoms with Crippen molar-refractivity contribution in [2.24, 2.45) is 0 Å². The Morgan fingerprint density at radius 3 is 2.71 bits per heavy atom. The van der Waals surface area contributed by atoms with Crippen LogP contribution in [0, 0.1) is 0 Å². The summed E-state index contributed by atoms with van der Waals surface area (Å²) in [6, 6.07) is -0.382. The van der Waals surface area contributed by atoms with Gasteiger partial charge >= 0.3 is 0 Å². The lowest BCUT2D eigenvalue weighted by atomic mass is 10.1. The van der Waals surface area contributed by atoms with Crippen LogP contribution in [0.1, 0.15) is 46.0 Å². The summed E-state index contributed by atoms with van der Waals surface area (Å²) in [5.41, 5.74) is 0. The van der Waals surface area contributed by atoms with Gasteiger partial charge < -0.3 is 14.8 Å². The molecule has 0 aromatic carbocycles. The van der Waals surface area contributed by atoms with Crippen LogP contribution in [0.25, 0.3) is 0 Å². The van der Waals surface area contributed by atoms with Crippen LogP contribution in [0.3, 0.4) is 0 Å². The van der Waals surface area contributed by atoms with Crippen molar-refractivity contribution in [1.29, 1.82) is 0 Å². The number of carbonyl (C=O) groups excluding carboxylic acids is 2. The molecule has 0 aliphatic rings. The largest absolute Gasteiger partial charge is 0.492 e. The first-order valence-electron chi connectivity index (χ1n) is 6.25. The highest BCUT2D eigenvalue weighted by molar-refractivity contribution is 5.80. The molecule has 4 nitrogen and oxygen atoms in total. The first kappa shape index (κ1) is 15.7. The predicted octanol–water partition coefficient (Wildman–Crippen LogP) is 2.19. The number of ether oxygens (including phenoxy) is 1. The fourth-order valence-corrected chi connectivity index (χ4v) is 1.32. The van der Waals surface area contributed by atoms with Crippen molar-refractivity contribution in [3.8, 4) is 0 Å². The summed E-state index contributed by atoms with van der Waals surface area (Å²) < 4.78 is 5.00. The van der Waals surface area contributed by atoms with E-state index >= 15 is 0 Å². The molecule has 0 unspecified atom stereocenters. The summed E-state index contributed by atoms with van der Waals surface area (Å²) in [5.74, 6) is -0.251. The summed E-state index contributed by atoms with van der Waals surface area (Å²) in [7, 11) is 0. The molecular formula is C13H23NO3. The Morgan fingerprint density at radius 2 is 2.12 bits per heavy atom. The zero-order valence-electron chi connectivity index (χ0n) is 10.8. The molecule has 0 aliphatic carbocycles. The minimum absolute atomic E-state index is 0.0331. The van der Waals surface area contributed by atoms with Gasteiger partial charge in [0.2, 0.25) is 0 Å². The van der Waals surface area contributed by atoms with E-state index < -0.39 is 0 Å². The van der Waals surface area contributed by atoms with E-state index in [-0.39, 0.29) is 18.6 Å². The first-order chi connectivity index (χ1) is 8.24. The van der Waals surface area contributed by atoms with Crippen LogP contribution in [-0.4, -0.2) is 24.8 Å². The Kier molecular flexibility index (Phi) is 10.3. The first-order valence-corrected chi connectivity index (χ1v) is 6.25. The minimum atomic E-state index is -0.382. The Labute approximate surface area is 103 Å². The molecule has 0 saturated carbocycles. The smallest absolute Gasteiger partial charge is 0.258 e. The maximum atomic E-state index is 11.4. The van der Waals surface area contributed by atoms with E-state index in [1.807, 2.05) is 13.0 Å². The minimum Gasteiger partial charge on any atom is -0.492 e. The van der Waals surface area contributed by atoms with Gasteiger partial charge in [0.05, 0.1) is 12.3 Å². The number of unbranched alkanes of at least 4 members (excludes halogenated alkanes) is 2. The van der Waals surface area contributed by atoms with Crippen LogP contribution in [0.4, 0.5) is 0 Å². The van der Waals surface area contributed by atoms with Crippen LogP contribution in [0.5, 0.6) is 0 Å². The summed E-state index contributed by atoms with van der Waals surface area (Å²) in [6.45, 7) is 4.05. The molecule has 1 N–H and O–H groups in total. The molecule has 4 heteroatoms. The van der Waals surface area contributed by atoms with Crippen LogP contribution < -0.4 is 5.32 Å². The summed E-state index contributed by atoms with van der Waals surface area (Å²) in [5, 5.41) is 2.64. The van der Waals surface area contributed by atoms with Gasteiger partial charge in [-0.2, -0.15) is 0 Å². The molecule has 0 aliphatic heterocycles. The molecule has 1 atom stereocenters. The van der Waals surface area contributed by atoms with E-state index in [2.05, 4.69) is 12.2 Å². The highest BCUT2D eigenvalue weighted by Crippen LogP contribution is 2.01. The van der Waals surface area contributed by atoms with Gasteiger partial charge in [-0.25, -0.2) is 0 Å². The van der Waals surface area contributed by atoms with Gasteiger partial charge in [-0.15, -0.1) is 0 Å². The molecule has 17 heavy (non-hydrogen) atoms. The quantitative estimate of drug-likeness (QED) is 0.362. The SMILES string of the molecule is CC/C=C/OCC(=O)N[C@H](C=O)CCCCC. The van der Waals surface area contributed by atoms with Crippen molar-refractivity contribution in [1.82, 2.24) is 5.32 Å². The second-order valence-electron chi connectivity index (χ2n) is 3.90. The van der Waals surface area contributed by atoms with Gasteiger partial charge in [0.1, 0.15) is 6.29 Å². The average Bonchev–Trinajstić information content (AvgIpc) is 2.33. The van der Waals surface area contributed by atoms with Crippen molar-refractivity contribution in [3.63, 3.8) is 0 Å². The Hall–Kier alpha value is -1.32. The maximum Gasteiger partial charge on any atom is 0.258 e. The van der Waals surface area contributed by atoms with Crippen molar-refractivity contribution in [3.05, 3.63) is 12.3 Å². The van der Waals surface area contributed by atoms with Gasteiger partial charge in [-0.05, 0) is 12.8 Å². The molecule has 0 rings (SSSR count). The molecule has 0 aromatic rings. The van der Waals surface area contributed by atoms with Crippen molar-refractivity contribution < 1.29 is 14.3 Å². The van der Waals surface area contributed by atoms with E-state index in [0.717, 1.165) is 32.0 Å². The maximum absolute atomic E-state index is 11.4. The molecular weight excluding hydrogens is 218 g/mol. The molecule has 1 amide bonds. The molecule has 98 valence electrons. The number of nitrogens with one attached hydrogen (secondary N) is 1. The summed E-state index contributed by atoms with van der Waals surface area (Å²) in [6.07, 6.45) is 8.83. The third-order valence-corrected chi connectivity index (χ3v) is 2.27. The number of rotatable bonds is 10. The van der Waals surface area contributed by atoms with Crippen molar-refractivity contribution >= 4 is 12.2 Å². The Bertz CT molecular complexity index is 239. The van der Waals surface area contributed by atoms with E-state index in [4.69, 9.17) is 4.74 Å². The number of hydrogen-bond acceptors (Lipinski definition) is 3. The van der Waals surface area contributed by atoms with Crippen LogP contribution in [-0.2, 0) is 14.3 Å². The van der Waals surface area contributed by atoms with E-state index in [1.165, 1.54) is 6.26 Å². The van der Waals surface area contributed by atoms with Crippen LogP contribution >= 0.6 is 0 Å². The van der Waals surface area contributed by atoms with E-state index in [0.29, 0.717) is 6.42 Å². The van der Waals surface area contributed by atoms with Crippen molar-refractivity contribution in [2.45, 2.75) is 52.0 Å². The fourth-order valence-electron chi connectivity index (χ4n) is 1.32. The standard InChI is InChI=1S/C13H23NO3/c1-3-5-7-8-12(10-15)14-13(16)11-17-9-6-4-2/h6,9-10,12H,3-5,7-8,11H2,1-2H3,(H,14,16)/b9-6+/t12-/m0/s1. The summed E-state index contributed by atoms with van der Waals surface area (Å²) in [4.78, 5) is 22.1. The third kappa shape index (κ3) is 9.60. The average molecular weight is 241 g/mol. The lowest BCUT2D eigenvalue weighted by molar-refractivity contribution is -0.126. The highest BCUT2D eigenvalue weighted by atomic mass is 16.5. The lowest BCUT2D eigenvalue weighted by Gasteiger charge is -2.12. The lowest BCUT2D eigenvalue weighted by Crippen LogP contribution is -2.37. The van der Waals surface area contributed by atoms with E-state index in [9.17, 15) is 9.59 Å². The number of carbonyl (C=O) groups is 2. The van der Waals surface area contributed by atoms with Gasteiger partial charge in [0.15, 0.2) is 6.61 Å². The van der Waals surface area contributed by atoms with Crippen LogP contribution in [0.15, 0.2) is 12.3 Å². The van der Waals surface area contributed by atoms with Gasteiger partial charge in [-0.1, -0.05) is 39.2 Å². The topological polar surface area (TPSA) is 55.4 Å². The molecule has 0 aromatic heterocycles. The normalized spacial score (nSPS) is 12.4. The molecule has 0 radical (unpaired) electrons. The Balaban J connectivity index is 3.73. The van der Waals surface area contributed by atoms with E-state index in [1.54, 1.807) is 0 Å². The molecule has 0 heterocycles. The molecule has 0 fully saturated rings. The van der Waals surface area contributed by atoms with Crippen LogP contribution in [0.2, 0.25) is 0 Å². The van der Waals surface area contributed by atoms with Gasteiger partial charge in [0.25, 0.3) is 5.91 Å². The number of allylic oxidation sites excluding steroid dienone is 1. The second kappa shape index (κ2) is 11.2. The fraction of sp³-hybridized carbons (Fsp3) is 0.692. The molecule has 0 saturated heterocycles. The van der Waals surface area contributed by atoms with Crippen molar-refractivity contribution in [2.75, 3.05) is 6.61 Å². The number of aldehydes is 1. The number of hydrogen-bond donors (Lipinski definition) is 1. The third-order valence-electron chi connectivity index (χ3n) is 2.27. The monoisotopic (exact) mass is 241 g/mol. The Morgan fingerprint density at radius 1 is 1.35 bits per heavy atom. The molecule has 0 bridgehead atoms. The highest BCUT2D eigenvalue weighted by Gasteiger charge is 2.10. The molecule has 0 spiro atoms. The zero-order chi connectivity index (χ0) is 12.9. The van der Waals surface area contributed by atoms with Gasteiger partial charge in [0, 0.05) is 0 Å². The predicted molar refractivity (Wildman–Crippen MR) is 67.5 cm³/mol. The zero-order valence-corrected chi connectivity index (χ0v) is 10.8. The number of amides is 1. The summed E-state index contributed by atoms with van der Waals surface area (Å²) >= 11 is 0. The van der Waals surface area contributed by atoms with Gasteiger partial charge in [-0.3, -0.25) is 4.79 Å².